The lowest BCUT2D eigenvalue weighted by Gasteiger charge is -2.15. The van der Waals surface area contributed by atoms with E-state index in [1.807, 2.05) is 54.6 Å². The Balaban J connectivity index is 1.30. The fraction of sp³-hybridized carbons (Fsp3) is 0.280. The van der Waals surface area contributed by atoms with Gasteiger partial charge in [0.1, 0.15) is 12.4 Å². The molecule has 3 aromatic rings. The molecule has 1 aromatic heterocycles. The molecule has 32 heavy (non-hydrogen) atoms. The van der Waals surface area contributed by atoms with Gasteiger partial charge in [-0.25, -0.2) is 0 Å². The minimum atomic E-state index is -0.368. The second-order valence-electron chi connectivity index (χ2n) is 7.73. The van der Waals surface area contributed by atoms with Crippen molar-refractivity contribution in [2.45, 2.75) is 26.1 Å². The van der Waals surface area contributed by atoms with E-state index < -0.39 is 0 Å². The quantitative estimate of drug-likeness (QED) is 0.557. The number of likely N-dealkylation sites (tertiary alicyclic amines) is 1. The van der Waals surface area contributed by atoms with Crippen LogP contribution in [0.15, 0.2) is 71.3 Å². The first-order chi connectivity index (χ1) is 15.6. The zero-order valence-corrected chi connectivity index (χ0v) is 18.0. The van der Waals surface area contributed by atoms with E-state index >= 15 is 0 Å². The molecular weight excluding hydrogens is 408 g/mol. The highest BCUT2D eigenvalue weighted by molar-refractivity contribution is 5.89. The molecule has 1 unspecified atom stereocenters. The Labute approximate surface area is 186 Å². The molecule has 1 atom stereocenters. The van der Waals surface area contributed by atoms with E-state index in [2.05, 4.69) is 5.32 Å². The van der Waals surface area contributed by atoms with Gasteiger partial charge in [-0.05, 0) is 35.4 Å². The normalized spacial score (nSPS) is 15.6. The van der Waals surface area contributed by atoms with Gasteiger partial charge < -0.3 is 24.1 Å². The lowest BCUT2D eigenvalue weighted by atomic mass is 10.1. The monoisotopic (exact) mass is 434 g/mol. The number of ether oxygens (including phenoxy) is 2. The van der Waals surface area contributed by atoms with Gasteiger partial charge in [0.2, 0.25) is 11.8 Å². The van der Waals surface area contributed by atoms with Gasteiger partial charge >= 0.3 is 0 Å². The van der Waals surface area contributed by atoms with E-state index in [1.54, 1.807) is 24.3 Å². The first kappa shape index (κ1) is 21.5. The van der Waals surface area contributed by atoms with Crippen molar-refractivity contribution in [2.75, 3.05) is 13.7 Å². The molecule has 1 fully saturated rings. The number of nitrogens with zero attached hydrogens (tertiary/aromatic N) is 1. The van der Waals surface area contributed by atoms with E-state index in [1.165, 1.54) is 0 Å². The van der Waals surface area contributed by atoms with Crippen molar-refractivity contribution in [3.63, 3.8) is 0 Å². The molecule has 2 heterocycles. The van der Waals surface area contributed by atoms with Crippen LogP contribution >= 0.6 is 0 Å². The summed E-state index contributed by atoms with van der Waals surface area (Å²) in [4.78, 5) is 26.5. The van der Waals surface area contributed by atoms with Crippen LogP contribution in [0.3, 0.4) is 0 Å². The fourth-order valence-corrected chi connectivity index (χ4v) is 3.70. The maximum absolute atomic E-state index is 12.6. The summed E-state index contributed by atoms with van der Waals surface area (Å²) in [5, 5.41) is 2.93. The molecule has 7 nitrogen and oxygen atoms in total. The van der Waals surface area contributed by atoms with Crippen molar-refractivity contribution < 1.29 is 23.5 Å². The van der Waals surface area contributed by atoms with Gasteiger partial charge in [0, 0.05) is 19.5 Å². The molecule has 1 aliphatic rings. The van der Waals surface area contributed by atoms with Crippen LogP contribution < -0.4 is 14.8 Å². The zero-order chi connectivity index (χ0) is 22.3. The second-order valence-corrected chi connectivity index (χ2v) is 7.73. The van der Waals surface area contributed by atoms with E-state index in [9.17, 15) is 9.59 Å². The number of carbonyl (C=O) groups is 2. The Morgan fingerprint density at radius 2 is 1.94 bits per heavy atom. The topological polar surface area (TPSA) is 81.0 Å². The van der Waals surface area contributed by atoms with Crippen molar-refractivity contribution in [2.24, 2.45) is 5.92 Å². The number of hydrogen-bond donors (Lipinski definition) is 1. The first-order valence-corrected chi connectivity index (χ1v) is 10.5. The fourth-order valence-electron chi connectivity index (χ4n) is 3.70. The summed E-state index contributed by atoms with van der Waals surface area (Å²) in [5.41, 5.74) is 1.96. The van der Waals surface area contributed by atoms with Gasteiger partial charge in [-0.2, -0.15) is 0 Å². The summed E-state index contributed by atoms with van der Waals surface area (Å²) >= 11 is 0. The molecule has 2 amide bonds. The summed E-state index contributed by atoms with van der Waals surface area (Å²) in [6, 6.07) is 19.1. The largest absolute Gasteiger partial charge is 0.493 e. The van der Waals surface area contributed by atoms with Crippen molar-refractivity contribution in [1.29, 1.82) is 0 Å². The summed E-state index contributed by atoms with van der Waals surface area (Å²) in [6.45, 7) is 1.56. The predicted molar refractivity (Wildman–Crippen MR) is 118 cm³/mol. The van der Waals surface area contributed by atoms with Crippen LogP contribution in [0.25, 0.3) is 0 Å². The maximum Gasteiger partial charge on any atom is 0.225 e. The molecule has 0 spiro atoms. The smallest absolute Gasteiger partial charge is 0.225 e. The third-order valence-electron chi connectivity index (χ3n) is 5.44. The maximum atomic E-state index is 12.6. The first-order valence-electron chi connectivity index (χ1n) is 10.5. The summed E-state index contributed by atoms with van der Waals surface area (Å²) < 4.78 is 16.6. The summed E-state index contributed by atoms with van der Waals surface area (Å²) in [5.74, 6) is 1.41. The molecule has 4 rings (SSSR count). The number of hydrogen-bond acceptors (Lipinski definition) is 5. The van der Waals surface area contributed by atoms with E-state index in [0.29, 0.717) is 43.5 Å². The molecule has 0 bridgehead atoms. The predicted octanol–water partition coefficient (Wildman–Crippen LogP) is 3.53. The van der Waals surface area contributed by atoms with Gasteiger partial charge in [-0.15, -0.1) is 0 Å². The molecule has 1 N–H and O–H groups in total. The van der Waals surface area contributed by atoms with Crippen LogP contribution in [0, 0.1) is 5.92 Å². The average Bonchev–Trinajstić information content (AvgIpc) is 3.47. The Hall–Kier alpha value is -3.74. The third kappa shape index (κ3) is 5.29. The lowest BCUT2D eigenvalue weighted by molar-refractivity contribution is -0.129. The molecule has 7 heteroatoms. The van der Waals surface area contributed by atoms with E-state index in [-0.39, 0.29) is 24.2 Å². The number of furan rings is 1. The molecule has 0 aliphatic carbocycles. The van der Waals surface area contributed by atoms with Gasteiger partial charge in [-0.1, -0.05) is 36.4 Å². The highest BCUT2D eigenvalue weighted by Gasteiger charge is 2.34. The summed E-state index contributed by atoms with van der Waals surface area (Å²) in [7, 11) is 1.59. The zero-order valence-electron chi connectivity index (χ0n) is 18.0. The van der Waals surface area contributed by atoms with Crippen LogP contribution in [-0.4, -0.2) is 30.4 Å². The minimum absolute atomic E-state index is 0.0388. The van der Waals surface area contributed by atoms with Crippen molar-refractivity contribution in [3.8, 4) is 11.5 Å². The standard InChI is InChI=1S/C25H26N2O5/c1-30-23-12-19(9-10-22(23)32-17-18-6-3-2-4-7-18)14-26-25(29)20-13-24(28)27(15-20)16-21-8-5-11-31-21/h2-12,20H,13-17H2,1H3,(H,26,29). The van der Waals surface area contributed by atoms with Crippen LogP contribution in [0.1, 0.15) is 23.3 Å². The van der Waals surface area contributed by atoms with Crippen LogP contribution in [0.4, 0.5) is 0 Å². The van der Waals surface area contributed by atoms with Crippen LogP contribution in [0.2, 0.25) is 0 Å². The average molecular weight is 434 g/mol. The van der Waals surface area contributed by atoms with Crippen LogP contribution in [-0.2, 0) is 29.3 Å². The van der Waals surface area contributed by atoms with Crippen molar-refractivity contribution >= 4 is 11.8 Å². The second kappa shape index (κ2) is 10.0. The number of carbonyl (C=O) groups excluding carboxylic acids is 2. The highest BCUT2D eigenvalue weighted by atomic mass is 16.5. The van der Waals surface area contributed by atoms with E-state index in [4.69, 9.17) is 13.9 Å². The van der Waals surface area contributed by atoms with Crippen molar-refractivity contribution in [1.82, 2.24) is 10.2 Å². The van der Waals surface area contributed by atoms with Gasteiger partial charge in [0.05, 0.1) is 25.8 Å². The number of benzene rings is 2. The molecule has 2 aromatic carbocycles. The van der Waals surface area contributed by atoms with Gasteiger partial charge in [-0.3, -0.25) is 9.59 Å². The van der Waals surface area contributed by atoms with Gasteiger partial charge in [0.25, 0.3) is 0 Å². The molecule has 166 valence electrons. The Morgan fingerprint density at radius 1 is 1.09 bits per heavy atom. The Kier molecular flexibility index (Phi) is 6.75. The number of rotatable bonds is 9. The molecule has 1 saturated heterocycles. The Bertz CT molecular complexity index is 1050. The van der Waals surface area contributed by atoms with E-state index in [0.717, 1.165) is 11.1 Å². The minimum Gasteiger partial charge on any atom is -0.493 e. The molecule has 0 saturated carbocycles. The third-order valence-corrected chi connectivity index (χ3v) is 5.44. The number of nitrogens with one attached hydrogen (secondary N) is 1. The van der Waals surface area contributed by atoms with Gasteiger partial charge in [0.15, 0.2) is 11.5 Å². The Morgan fingerprint density at radius 3 is 2.69 bits per heavy atom. The SMILES string of the molecule is COc1cc(CNC(=O)C2CC(=O)N(Cc3ccco3)C2)ccc1OCc1ccccc1. The number of methoxy groups -OCH3 is 1. The summed E-state index contributed by atoms with van der Waals surface area (Å²) in [6.07, 6.45) is 1.79. The molecular formula is C25H26N2O5. The molecule has 0 radical (unpaired) electrons. The highest BCUT2D eigenvalue weighted by Crippen LogP contribution is 2.29. The van der Waals surface area contributed by atoms with Crippen molar-refractivity contribution in [3.05, 3.63) is 83.8 Å². The lowest BCUT2D eigenvalue weighted by Crippen LogP contribution is -2.32. The van der Waals surface area contributed by atoms with Crippen LogP contribution in [0.5, 0.6) is 11.5 Å². The number of amides is 2. The molecule has 1 aliphatic heterocycles.